The summed E-state index contributed by atoms with van der Waals surface area (Å²) in [4.78, 5) is 28.7. The molecule has 2 aromatic carbocycles. The zero-order valence-electron chi connectivity index (χ0n) is 18.4. The summed E-state index contributed by atoms with van der Waals surface area (Å²) in [5.41, 5.74) is 1.36. The van der Waals surface area contributed by atoms with Gasteiger partial charge in [-0.2, -0.15) is 4.98 Å². The summed E-state index contributed by atoms with van der Waals surface area (Å²) in [5.74, 6) is 1.05. The molecule has 0 atom stereocenters. The number of aryl methyl sites for hydroxylation is 1. The lowest BCUT2D eigenvalue weighted by molar-refractivity contribution is -0.116. The number of ether oxygens (including phenoxy) is 1. The number of halogens is 1. The Morgan fingerprint density at radius 3 is 2.69 bits per heavy atom. The molecule has 2 N–H and O–H groups in total. The van der Waals surface area contributed by atoms with E-state index in [9.17, 15) is 9.59 Å². The molecule has 180 valence electrons. The lowest BCUT2D eigenvalue weighted by Gasteiger charge is -2.03. The number of nitrogens with one attached hydrogen (secondary N) is 2. The van der Waals surface area contributed by atoms with Gasteiger partial charge < -0.3 is 19.9 Å². The first-order chi connectivity index (χ1) is 17.0. The maximum Gasteiger partial charge on any atom is 0.234 e. The average Bonchev–Trinajstić information content (AvgIpc) is 3.52. The fraction of sp³-hybridized carbons (Fsp3) is 0.182. The summed E-state index contributed by atoms with van der Waals surface area (Å²) >= 11 is 8.25. The van der Waals surface area contributed by atoms with Crippen LogP contribution in [0.4, 0.5) is 10.8 Å². The van der Waals surface area contributed by atoms with Crippen LogP contribution in [0.5, 0.6) is 5.75 Å². The van der Waals surface area contributed by atoms with Gasteiger partial charge in [0.2, 0.25) is 28.7 Å². The number of hydrogen-bond donors (Lipinski definition) is 2. The number of methoxy groups -OCH3 is 1. The van der Waals surface area contributed by atoms with Crippen molar-refractivity contribution in [1.82, 2.24) is 20.3 Å². The molecule has 0 aliphatic heterocycles. The minimum atomic E-state index is -0.268. The van der Waals surface area contributed by atoms with E-state index >= 15 is 0 Å². The van der Waals surface area contributed by atoms with Gasteiger partial charge in [-0.3, -0.25) is 9.59 Å². The number of aromatic nitrogens is 4. The van der Waals surface area contributed by atoms with E-state index in [0.29, 0.717) is 43.2 Å². The molecule has 4 aromatic rings. The minimum absolute atomic E-state index is 0.124. The Morgan fingerprint density at radius 1 is 1.09 bits per heavy atom. The zero-order valence-corrected chi connectivity index (χ0v) is 20.7. The predicted molar refractivity (Wildman–Crippen MR) is 134 cm³/mol. The van der Waals surface area contributed by atoms with E-state index in [4.69, 9.17) is 20.9 Å². The summed E-state index contributed by atoms with van der Waals surface area (Å²) in [6.07, 6.45) is 0.387. The number of nitrogens with zero attached hydrogens (tertiary/aromatic N) is 4. The van der Waals surface area contributed by atoms with Gasteiger partial charge in [-0.25, -0.2) is 0 Å². The molecule has 4 rings (SSSR count). The number of thioether (sulfide) groups is 1. The first-order valence-corrected chi connectivity index (χ1v) is 12.5. The minimum Gasteiger partial charge on any atom is -0.496 e. The van der Waals surface area contributed by atoms with E-state index in [0.717, 1.165) is 0 Å². The number of rotatable bonds is 10. The molecular weight excluding hydrogens is 512 g/mol. The third-order valence-corrected chi connectivity index (χ3v) is 6.71. The molecule has 0 fully saturated rings. The topological polar surface area (TPSA) is 132 Å². The van der Waals surface area contributed by atoms with E-state index in [1.807, 2.05) is 18.2 Å². The second-order valence-electron chi connectivity index (χ2n) is 6.98. The highest BCUT2D eigenvalue weighted by molar-refractivity contribution is 8.01. The van der Waals surface area contributed by atoms with Gasteiger partial charge in [-0.15, -0.1) is 10.2 Å². The Morgan fingerprint density at radius 2 is 1.89 bits per heavy atom. The van der Waals surface area contributed by atoms with Gasteiger partial charge in [-0.1, -0.05) is 52.0 Å². The smallest absolute Gasteiger partial charge is 0.234 e. The quantitative estimate of drug-likeness (QED) is 0.224. The Hall–Kier alpha value is -3.48. The molecule has 2 aromatic heterocycles. The Bertz CT molecular complexity index is 1310. The molecule has 0 saturated carbocycles. The van der Waals surface area contributed by atoms with Gasteiger partial charge >= 0.3 is 0 Å². The third kappa shape index (κ3) is 7.01. The molecular formula is C22H19ClN6O4S2. The highest BCUT2D eigenvalue weighted by Gasteiger charge is 2.15. The lowest BCUT2D eigenvalue weighted by Crippen LogP contribution is -2.13. The summed E-state index contributed by atoms with van der Waals surface area (Å²) in [7, 11) is 1.57. The standard InChI is InChI=1S/C22H19ClN6O4S2/c1-32-16-5-3-2-4-15(16)20-26-19(33-29-20)11-10-17(30)25-21-27-28-22(35-21)34-12-18(31)24-14-8-6-13(23)7-9-14/h2-9H,10-12H2,1H3,(H,24,31)(H,25,27,30). The fourth-order valence-corrected chi connectivity index (χ4v) is 4.57. The number of hydrogen-bond acceptors (Lipinski definition) is 10. The lowest BCUT2D eigenvalue weighted by atomic mass is 10.2. The second kappa shape index (κ2) is 11.8. The molecule has 0 unspecified atom stereocenters. The molecule has 0 saturated heterocycles. The molecule has 0 radical (unpaired) electrons. The maximum absolute atomic E-state index is 12.3. The van der Waals surface area contributed by atoms with Crippen LogP contribution in [-0.4, -0.2) is 45.0 Å². The van der Waals surface area contributed by atoms with Crippen molar-refractivity contribution < 1.29 is 18.8 Å². The first-order valence-electron chi connectivity index (χ1n) is 10.3. The molecule has 0 spiro atoms. The van der Waals surface area contributed by atoms with E-state index in [1.165, 1.54) is 23.1 Å². The normalized spacial score (nSPS) is 10.7. The molecule has 13 heteroatoms. The van der Waals surface area contributed by atoms with Crippen molar-refractivity contribution in [2.45, 2.75) is 17.2 Å². The van der Waals surface area contributed by atoms with Gasteiger partial charge in [0.25, 0.3) is 0 Å². The van der Waals surface area contributed by atoms with Crippen LogP contribution in [-0.2, 0) is 16.0 Å². The maximum atomic E-state index is 12.3. The van der Waals surface area contributed by atoms with Crippen LogP contribution in [0.15, 0.2) is 57.4 Å². The summed E-state index contributed by atoms with van der Waals surface area (Å²) in [6, 6.07) is 14.2. The molecule has 35 heavy (non-hydrogen) atoms. The van der Waals surface area contributed by atoms with Crippen molar-refractivity contribution in [3.05, 3.63) is 59.4 Å². The monoisotopic (exact) mass is 530 g/mol. The molecule has 10 nitrogen and oxygen atoms in total. The molecule has 0 bridgehead atoms. The zero-order chi connectivity index (χ0) is 24.6. The SMILES string of the molecule is COc1ccccc1-c1noc(CCC(=O)Nc2nnc(SCC(=O)Nc3ccc(Cl)cc3)s2)n1. The van der Waals surface area contributed by atoms with Crippen LogP contribution in [0.1, 0.15) is 12.3 Å². The third-order valence-electron chi connectivity index (χ3n) is 4.49. The van der Waals surface area contributed by atoms with Crippen molar-refractivity contribution >= 4 is 57.3 Å². The first kappa shape index (κ1) is 24.6. The summed E-state index contributed by atoms with van der Waals surface area (Å²) in [6.45, 7) is 0. The predicted octanol–water partition coefficient (Wildman–Crippen LogP) is 4.55. The van der Waals surface area contributed by atoms with E-state index in [2.05, 4.69) is 31.0 Å². The summed E-state index contributed by atoms with van der Waals surface area (Å²) < 4.78 is 11.1. The van der Waals surface area contributed by atoms with Crippen LogP contribution in [0.25, 0.3) is 11.4 Å². The Labute approximate surface area is 213 Å². The van der Waals surface area contributed by atoms with Gasteiger partial charge in [0.1, 0.15) is 5.75 Å². The van der Waals surface area contributed by atoms with Crippen LogP contribution < -0.4 is 15.4 Å². The largest absolute Gasteiger partial charge is 0.496 e. The average molecular weight is 531 g/mol. The van der Waals surface area contributed by atoms with Gasteiger partial charge in [0, 0.05) is 23.6 Å². The molecule has 0 aliphatic rings. The highest BCUT2D eigenvalue weighted by atomic mass is 35.5. The van der Waals surface area contributed by atoms with Crippen molar-refractivity contribution in [3.63, 3.8) is 0 Å². The van der Waals surface area contributed by atoms with Gasteiger partial charge in [-0.05, 0) is 36.4 Å². The van der Waals surface area contributed by atoms with Crippen LogP contribution in [0, 0.1) is 0 Å². The molecule has 0 aliphatic carbocycles. The molecule has 2 heterocycles. The summed E-state index contributed by atoms with van der Waals surface area (Å²) in [5, 5.41) is 18.3. The van der Waals surface area contributed by atoms with E-state index in [1.54, 1.807) is 37.4 Å². The van der Waals surface area contributed by atoms with Crippen molar-refractivity contribution in [2.24, 2.45) is 0 Å². The number of carbonyl (C=O) groups is 2. The number of benzene rings is 2. The van der Waals surface area contributed by atoms with Crippen LogP contribution in [0.2, 0.25) is 5.02 Å². The van der Waals surface area contributed by atoms with Gasteiger partial charge in [0.05, 0.1) is 18.4 Å². The highest BCUT2D eigenvalue weighted by Crippen LogP contribution is 2.28. The molecule has 2 amide bonds. The van der Waals surface area contributed by atoms with Gasteiger partial charge in [0.15, 0.2) is 4.34 Å². The fourth-order valence-electron chi connectivity index (χ4n) is 2.87. The van der Waals surface area contributed by atoms with Crippen molar-refractivity contribution in [3.8, 4) is 17.1 Å². The Balaban J connectivity index is 1.22. The van der Waals surface area contributed by atoms with Crippen LogP contribution >= 0.6 is 34.7 Å². The number of carbonyl (C=O) groups excluding carboxylic acids is 2. The number of para-hydroxylation sites is 1. The second-order valence-corrected chi connectivity index (χ2v) is 9.61. The Kier molecular flexibility index (Phi) is 8.29. The van der Waals surface area contributed by atoms with Crippen molar-refractivity contribution in [1.29, 1.82) is 0 Å². The van der Waals surface area contributed by atoms with E-state index < -0.39 is 0 Å². The van der Waals surface area contributed by atoms with E-state index in [-0.39, 0.29) is 30.4 Å². The van der Waals surface area contributed by atoms with Crippen LogP contribution in [0.3, 0.4) is 0 Å². The van der Waals surface area contributed by atoms with Crippen molar-refractivity contribution in [2.75, 3.05) is 23.5 Å². The number of amides is 2. The number of anilines is 2.